The molecule has 0 aromatic rings. The number of hydrazone groups is 1. The van der Waals surface area contributed by atoms with Crippen molar-refractivity contribution in [2.24, 2.45) is 5.10 Å². The molecule has 1 heterocycles. The number of nitrogens with one attached hydrogen (secondary N) is 1. The number of hydrogen-bond acceptors (Lipinski definition) is 3. The van der Waals surface area contributed by atoms with E-state index < -0.39 is 18.3 Å². The lowest BCUT2D eigenvalue weighted by Crippen LogP contribution is -2.52. The fraction of sp³-hybridized carbons (Fsp3) is 0.800. The van der Waals surface area contributed by atoms with Crippen molar-refractivity contribution in [2.75, 3.05) is 0 Å². The van der Waals surface area contributed by atoms with Crippen LogP contribution in [0.3, 0.4) is 0 Å². The summed E-state index contributed by atoms with van der Waals surface area (Å²) >= 11 is 0. The minimum absolute atomic E-state index is 0.241. The maximum absolute atomic E-state index is 11.9. The van der Waals surface area contributed by atoms with E-state index in [0.29, 0.717) is 0 Å². The van der Waals surface area contributed by atoms with Crippen LogP contribution < -0.4 is 5.43 Å². The molecule has 0 fully saturated rings. The van der Waals surface area contributed by atoms with Crippen molar-refractivity contribution in [3.63, 3.8) is 0 Å². The molecule has 6 heteroatoms. The lowest BCUT2D eigenvalue weighted by Gasteiger charge is -2.24. The predicted molar refractivity (Wildman–Crippen MR) is 31.9 cm³/mol. The fourth-order valence-electron chi connectivity index (χ4n) is 0.801. The van der Waals surface area contributed by atoms with Crippen LogP contribution >= 0.6 is 0 Å². The third-order valence-electron chi connectivity index (χ3n) is 1.41. The Labute approximate surface area is 60.9 Å². The molecule has 2 N–H and O–H groups in total. The fourth-order valence-corrected chi connectivity index (χ4v) is 0.801. The molecular formula is C5H7F3N2O. The molecule has 1 atom stereocenters. The molecule has 1 aliphatic heterocycles. The van der Waals surface area contributed by atoms with Crippen LogP contribution in [-0.2, 0) is 0 Å². The maximum atomic E-state index is 11.9. The first-order valence-electron chi connectivity index (χ1n) is 2.94. The van der Waals surface area contributed by atoms with Crippen LogP contribution in [0.25, 0.3) is 0 Å². The van der Waals surface area contributed by atoms with Gasteiger partial charge >= 0.3 is 6.18 Å². The van der Waals surface area contributed by atoms with E-state index in [1.165, 1.54) is 6.92 Å². The summed E-state index contributed by atoms with van der Waals surface area (Å²) in [7, 11) is 0. The van der Waals surface area contributed by atoms with Crippen LogP contribution in [-0.4, -0.2) is 22.7 Å². The van der Waals surface area contributed by atoms with Crippen molar-refractivity contribution in [3.05, 3.63) is 0 Å². The Morgan fingerprint density at radius 2 is 2.18 bits per heavy atom. The molecule has 3 nitrogen and oxygen atoms in total. The molecule has 0 aliphatic carbocycles. The van der Waals surface area contributed by atoms with Gasteiger partial charge in [-0.1, -0.05) is 0 Å². The number of nitrogens with zero attached hydrogens (tertiary/aromatic N) is 1. The van der Waals surface area contributed by atoms with Gasteiger partial charge in [0.15, 0.2) is 0 Å². The summed E-state index contributed by atoms with van der Waals surface area (Å²) in [5.41, 5.74) is -0.968. The number of halogens is 3. The third-order valence-corrected chi connectivity index (χ3v) is 1.41. The van der Waals surface area contributed by atoms with Gasteiger partial charge in [0.25, 0.3) is 5.72 Å². The SMILES string of the molecule is CC1=NN[C@](O)(C(F)(F)F)C1. The number of alkyl halides is 3. The molecule has 11 heavy (non-hydrogen) atoms. The molecule has 64 valence electrons. The highest BCUT2D eigenvalue weighted by molar-refractivity contribution is 5.84. The number of rotatable bonds is 0. The summed E-state index contributed by atoms with van der Waals surface area (Å²) in [6, 6.07) is 0. The van der Waals surface area contributed by atoms with E-state index in [9.17, 15) is 13.2 Å². The van der Waals surface area contributed by atoms with Gasteiger partial charge in [0, 0.05) is 12.1 Å². The largest absolute Gasteiger partial charge is 0.438 e. The van der Waals surface area contributed by atoms with E-state index in [1.807, 2.05) is 0 Å². The molecule has 0 amide bonds. The van der Waals surface area contributed by atoms with E-state index in [-0.39, 0.29) is 5.71 Å². The van der Waals surface area contributed by atoms with E-state index in [1.54, 1.807) is 5.43 Å². The summed E-state index contributed by atoms with van der Waals surface area (Å²) < 4.78 is 35.8. The topological polar surface area (TPSA) is 44.6 Å². The van der Waals surface area contributed by atoms with Gasteiger partial charge in [0.05, 0.1) is 0 Å². The van der Waals surface area contributed by atoms with Crippen molar-refractivity contribution < 1.29 is 18.3 Å². The molecule has 0 spiro atoms. The Balaban J connectivity index is 2.74. The quantitative estimate of drug-likeness (QED) is 0.556. The Hall–Kier alpha value is -0.780. The summed E-state index contributed by atoms with van der Waals surface area (Å²) in [5, 5.41) is 12.1. The summed E-state index contributed by atoms with van der Waals surface area (Å²) in [5.74, 6) is 0. The molecule has 0 saturated heterocycles. The van der Waals surface area contributed by atoms with Gasteiger partial charge in [-0.2, -0.15) is 18.3 Å². The van der Waals surface area contributed by atoms with Gasteiger partial charge in [-0.25, -0.2) is 0 Å². The van der Waals surface area contributed by atoms with Crippen LogP contribution in [0.2, 0.25) is 0 Å². The van der Waals surface area contributed by atoms with Crippen LogP contribution in [0.4, 0.5) is 13.2 Å². The Bertz CT molecular complexity index is 200. The van der Waals surface area contributed by atoms with Crippen molar-refractivity contribution in [1.82, 2.24) is 5.43 Å². The van der Waals surface area contributed by atoms with Crippen molar-refractivity contribution >= 4 is 5.71 Å². The van der Waals surface area contributed by atoms with E-state index >= 15 is 0 Å². The molecule has 0 radical (unpaired) electrons. The highest BCUT2D eigenvalue weighted by Gasteiger charge is 2.56. The summed E-state index contributed by atoms with van der Waals surface area (Å²) in [4.78, 5) is 0. The van der Waals surface area contributed by atoms with Gasteiger partial charge in [-0.15, -0.1) is 0 Å². The average molecular weight is 168 g/mol. The lowest BCUT2D eigenvalue weighted by molar-refractivity contribution is -0.266. The predicted octanol–water partition coefficient (Wildman–Crippen LogP) is 0.607. The van der Waals surface area contributed by atoms with Crippen LogP contribution in [0.15, 0.2) is 5.10 Å². The zero-order valence-electron chi connectivity index (χ0n) is 5.74. The molecule has 1 rings (SSSR count). The second-order valence-corrected chi connectivity index (χ2v) is 2.49. The van der Waals surface area contributed by atoms with Crippen LogP contribution in [0, 0.1) is 0 Å². The van der Waals surface area contributed by atoms with Gasteiger partial charge in [0.2, 0.25) is 0 Å². The van der Waals surface area contributed by atoms with Crippen molar-refractivity contribution in [2.45, 2.75) is 25.2 Å². The number of hydrogen-bond donors (Lipinski definition) is 2. The van der Waals surface area contributed by atoms with Gasteiger partial charge in [-0.3, -0.25) is 5.43 Å². The third kappa shape index (κ3) is 1.30. The van der Waals surface area contributed by atoms with E-state index in [4.69, 9.17) is 5.11 Å². The highest BCUT2D eigenvalue weighted by Crippen LogP contribution is 2.33. The number of aliphatic hydroxyl groups is 1. The molecule has 0 aromatic heterocycles. The molecule has 0 saturated carbocycles. The zero-order chi connectivity index (χ0) is 8.70. The summed E-state index contributed by atoms with van der Waals surface area (Å²) in [6.45, 7) is 1.41. The van der Waals surface area contributed by atoms with Gasteiger partial charge < -0.3 is 5.11 Å². The van der Waals surface area contributed by atoms with E-state index in [2.05, 4.69) is 5.10 Å². The molecule has 1 aliphatic rings. The average Bonchev–Trinajstić information content (AvgIpc) is 2.10. The molecular weight excluding hydrogens is 161 g/mol. The van der Waals surface area contributed by atoms with Crippen molar-refractivity contribution in [1.29, 1.82) is 0 Å². The highest BCUT2D eigenvalue weighted by atomic mass is 19.4. The van der Waals surface area contributed by atoms with Crippen molar-refractivity contribution in [3.8, 4) is 0 Å². The minimum atomic E-state index is -4.67. The second kappa shape index (κ2) is 2.10. The Morgan fingerprint density at radius 3 is 2.36 bits per heavy atom. The standard InChI is InChI=1S/C5H7F3N2O/c1-3-2-4(11,10-9-3)5(6,7)8/h10-11H,2H2,1H3/t4-/m1/s1. The summed E-state index contributed by atoms with van der Waals surface area (Å²) in [6.07, 6.45) is -5.18. The van der Waals surface area contributed by atoms with Gasteiger partial charge in [-0.05, 0) is 6.92 Å². The normalized spacial score (nSPS) is 31.5. The van der Waals surface area contributed by atoms with Crippen LogP contribution in [0.1, 0.15) is 13.3 Å². The van der Waals surface area contributed by atoms with Gasteiger partial charge in [0.1, 0.15) is 0 Å². The Morgan fingerprint density at radius 1 is 1.64 bits per heavy atom. The lowest BCUT2D eigenvalue weighted by atomic mass is 10.1. The first-order chi connectivity index (χ1) is 4.85. The molecule has 0 bridgehead atoms. The maximum Gasteiger partial charge on any atom is 0.438 e. The smallest absolute Gasteiger partial charge is 0.362 e. The minimum Gasteiger partial charge on any atom is -0.362 e. The second-order valence-electron chi connectivity index (χ2n) is 2.49. The molecule has 0 unspecified atom stereocenters. The molecule has 0 aromatic carbocycles. The first-order valence-corrected chi connectivity index (χ1v) is 2.94. The zero-order valence-corrected chi connectivity index (χ0v) is 5.74. The Kier molecular flexibility index (Phi) is 1.59. The monoisotopic (exact) mass is 168 g/mol. The van der Waals surface area contributed by atoms with Crippen LogP contribution in [0.5, 0.6) is 0 Å². The first kappa shape index (κ1) is 8.32. The van der Waals surface area contributed by atoms with E-state index in [0.717, 1.165) is 0 Å².